The molecule has 1 aliphatic rings. The summed E-state index contributed by atoms with van der Waals surface area (Å²) < 4.78 is 5.11. The van der Waals surface area contributed by atoms with E-state index in [1.807, 2.05) is 0 Å². The Morgan fingerprint density at radius 1 is 1.53 bits per heavy atom. The summed E-state index contributed by atoms with van der Waals surface area (Å²) in [5.41, 5.74) is 6.81. The molecule has 1 aromatic carbocycles. The van der Waals surface area contributed by atoms with Gasteiger partial charge in [-0.15, -0.1) is 0 Å². The molecule has 0 heterocycles. The summed E-state index contributed by atoms with van der Waals surface area (Å²) in [4.78, 5) is 13.9. The van der Waals surface area contributed by atoms with E-state index in [-0.39, 0.29) is 12.0 Å². The van der Waals surface area contributed by atoms with E-state index in [4.69, 9.17) is 10.5 Å². The third-order valence-electron chi connectivity index (χ3n) is 3.57. The lowest BCUT2D eigenvalue weighted by atomic mass is 9.82. The van der Waals surface area contributed by atoms with E-state index in [9.17, 15) is 9.90 Å². The maximum atomic E-state index is 12.2. The van der Waals surface area contributed by atoms with Gasteiger partial charge >= 0.3 is 0 Å². The molecule has 0 radical (unpaired) electrons. The van der Waals surface area contributed by atoms with Crippen LogP contribution < -0.4 is 10.5 Å². The molecule has 0 aromatic heterocycles. The largest absolute Gasteiger partial charge is 0.495 e. The lowest BCUT2D eigenvalue weighted by molar-refractivity contribution is 0.0265. The fraction of sp³-hybridized carbons (Fsp3) is 0.500. The van der Waals surface area contributed by atoms with Crippen molar-refractivity contribution in [3.8, 4) is 5.75 Å². The number of benzene rings is 1. The minimum atomic E-state index is -0.190. The van der Waals surface area contributed by atoms with Gasteiger partial charge in [-0.25, -0.2) is 0 Å². The average Bonchev–Trinajstić information content (AvgIpc) is 2.36. The Morgan fingerprint density at radius 3 is 2.79 bits per heavy atom. The second-order valence-corrected chi connectivity index (χ2v) is 5.13. The number of hydrogen-bond donors (Lipinski definition) is 2. The fourth-order valence-electron chi connectivity index (χ4n) is 2.38. The van der Waals surface area contributed by atoms with E-state index in [1.165, 1.54) is 7.11 Å². The van der Waals surface area contributed by atoms with E-state index in [0.717, 1.165) is 12.8 Å². The van der Waals surface area contributed by atoms with Gasteiger partial charge < -0.3 is 20.5 Å². The van der Waals surface area contributed by atoms with Crippen LogP contribution in [0.2, 0.25) is 0 Å². The number of rotatable bonds is 4. The molecule has 2 rings (SSSR count). The van der Waals surface area contributed by atoms with E-state index >= 15 is 0 Å². The quantitative estimate of drug-likeness (QED) is 0.799. The monoisotopic (exact) mass is 264 g/mol. The highest BCUT2D eigenvalue weighted by molar-refractivity contribution is 5.95. The van der Waals surface area contributed by atoms with Gasteiger partial charge in [0.2, 0.25) is 0 Å². The molecule has 1 aliphatic carbocycles. The molecule has 1 aromatic rings. The third kappa shape index (κ3) is 2.98. The lowest BCUT2D eigenvalue weighted by Gasteiger charge is -2.34. The number of carbonyl (C=O) groups excluding carboxylic acids is 1. The maximum absolute atomic E-state index is 12.2. The number of nitrogens with zero attached hydrogens (tertiary/aromatic N) is 1. The molecule has 1 saturated carbocycles. The summed E-state index contributed by atoms with van der Waals surface area (Å²) in [6.07, 6.45) is 1.37. The van der Waals surface area contributed by atoms with Crippen molar-refractivity contribution in [3.05, 3.63) is 23.8 Å². The number of nitrogen functional groups attached to an aromatic ring is 1. The van der Waals surface area contributed by atoms with Crippen LogP contribution in [0.5, 0.6) is 5.75 Å². The topological polar surface area (TPSA) is 75.8 Å². The van der Waals surface area contributed by atoms with Crippen LogP contribution in [0.3, 0.4) is 0 Å². The Labute approximate surface area is 113 Å². The molecule has 0 spiro atoms. The number of methoxy groups -OCH3 is 1. The van der Waals surface area contributed by atoms with Gasteiger partial charge in [-0.3, -0.25) is 4.79 Å². The normalized spacial score (nSPS) is 21.6. The zero-order valence-corrected chi connectivity index (χ0v) is 11.3. The van der Waals surface area contributed by atoms with Gasteiger partial charge in [0.1, 0.15) is 5.75 Å². The van der Waals surface area contributed by atoms with Gasteiger partial charge in [0.05, 0.1) is 18.9 Å². The van der Waals surface area contributed by atoms with Crippen LogP contribution in [-0.4, -0.2) is 42.7 Å². The average molecular weight is 264 g/mol. The summed E-state index contributed by atoms with van der Waals surface area (Å²) in [5.74, 6) is 0.859. The van der Waals surface area contributed by atoms with Crippen molar-refractivity contribution in [1.29, 1.82) is 0 Å². The van der Waals surface area contributed by atoms with Crippen LogP contribution >= 0.6 is 0 Å². The molecule has 104 valence electrons. The van der Waals surface area contributed by atoms with Crippen molar-refractivity contribution in [3.63, 3.8) is 0 Å². The van der Waals surface area contributed by atoms with Crippen LogP contribution in [0, 0.1) is 5.92 Å². The second-order valence-electron chi connectivity index (χ2n) is 5.13. The van der Waals surface area contributed by atoms with Crippen molar-refractivity contribution in [2.45, 2.75) is 18.9 Å². The first-order chi connectivity index (χ1) is 9.01. The molecule has 0 aliphatic heterocycles. The molecule has 1 fully saturated rings. The van der Waals surface area contributed by atoms with Gasteiger partial charge in [-0.2, -0.15) is 0 Å². The highest BCUT2D eigenvalue weighted by atomic mass is 16.5. The molecule has 1 amide bonds. The molecule has 0 atom stereocenters. The second kappa shape index (κ2) is 5.48. The molecule has 5 heteroatoms. The molecule has 0 saturated heterocycles. The number of carbonyl (C=O) groups is 1. The smallest absolute Gasteiger partial charge is 0.253 e. The lowest BCUT2D eigenvalue weighted by Crippen LogP contribution is -2.39. The number of amides is 1. The summed E-state index contributed by atoms with van der Waals surface area (Å²) >= 11 is 0. The van der Waals surface area contributed by atoms with Crippen molar-refractivity contribution in [2.75, 3.05) is 26.4 Å². The number of hydrogen-bond acceptors (Lipinski definition) is 4. The zero-order chi connectivity index (χ0) is 14.0. The number of anilines is 1. The Kier molecular flexibility index (Phi) is 3.95. The van der Waals surface area contributed by atoms with Crippen LogP contribution in [0.15, 0.2) is 18.2 Å². The van der Waals surface area contributed by atoms with Gasteiger partial charge in [-0.05, 0) is 37.0 Å². The fourth-order valence-corrected chi connectivity index (χ4v) is 2.38. The Bertz CT molecular complexity index is 470. The van der Waals surface area contributed by atoms with Crippen molar-refractivity contribution in [1.82, 2.24) is 4.90 Å². The highest BCUT2D eigenvalue weighted by Crippen LogP contribution is 2.28. The minimum absolute atomic E-state index is 0.0558. The first-order valence-electron chi connectivity index (χ1n) is 6.38. The van der Waals surface area contributed by atoms with E-state index in [0.29, 0.717) is 29.5 Å². The number of aliphatic hydroxyl groups excluding tert-OH is 1. The summed E-state index contributed by atoms with van der Waals surface area (Å²) in [7, 11) is 3.30. The van der Waals surface area contributed by atoms with Crippen LogP contribution in [0.1, 0.15) is 23.2 Å². The predicted molar refractivity (Wildman–Crippen MR) is 73.1 cm³/mol. The van der Waals surface area contributed by atoms with Crippen molar-refractivity contribution >= 4 is 11.6 Å². The van der Waals surface area contributed by atoms with E-state index in [2.05, 4.69) is 0 Å². The number of ether oxygens (including phenoxy) is 1. The van der Waals surface area contributed by atoms with Gasteiger partial charge in [0, 0.05) is 19.2 Å². The highest BCUT2D eigenvalue weighted by Gasteiger charge is 2.29. The van der Waals surface area contributed by atoms with Gasteiger partial charge in [-0.1, -0.05) is 0 Å². The molecular formula is C14H20N2O3. The molecule has 0 unspecified atom stereocenters. The maximum Gasteiger partial charge on any atom is 0.253 e. The number of nitrogens with two attached hydrogens (primary N) is 1. The zero-order valence-electron chi connectivity index (χ0n) is 11.3. The first kappa shape index (κ1) is 13.7. The van der Waals surface area contributed by atoms with E-state index < -0.39 is 0 Å². The molecular weight excluding hydrogens is 244 g/mol. The summed E-state index contributed by atoms with van der Waals surface area (Å²) in [6, 6.07) is 5.03. The predicted octanol–water partition coefficient (Wildman–Crippen LogP) is 1.12. The summed E-state index contributed by atoms with van der Waals surface area (Å²) in [6.45, 7) is 0.669. The molecule has 19 heavy (non-hydrogen) atoms. The van der Waals surface area contributed by atoms with Crippen molar-refractivity contribution in [2.24, 2.45) is 5.92 Å². The Hall–Kier alpha value is -1.75. The third-order valence-corrected chi connectivity index (χ3v) is 3.57. The standard InChI is InChI=1S/C14H20N2O3/c1-16(8-9-5-11(17)6-9)14(18)10-3-4-12(15)13(7-10)19-2/h3-4,7,9,11,17H,5-6,8,15H2,1-2H3. The molecule has 5 nitrogen and oxygen atoms in total. The minimum Gasteiger partial charge on any atom is -0.495 e. The summed E-state index contributed by atoms with van der Waals surface area (Å²) in [5, 5.41) is 9.25. The first-order valence-corrected chi connectivity index (χ1v) is 6.38. The SMILES string of the molecule is COc1cc(C(=O)N(C)CC2CC(O)C2)ccc1N. The van der Waals surface area contributed by atoms with Gasteiger partial charge in [0.25, 0.3) is 5.91 Å². The van der Waals surface area contributed by atoms with Crippen LogP contribution in [0.25, 0.3) is 0 Å². The number of aliphatic hydroxyl groups is 1. The van der Waals surface area contributed by atoms with Crippen molar-refractivity contribution < 1.29 is 14.6 Å². The molecule has 3 N–H and O–H groups in total. The van der Waals surface area contributed by atoms with Crippen LogP contribution in [-0.2, 0) is 0 Å². The van der Waals surface area contributed by atoms with E-state index in [1.54, 1.807) is 30.1 Å². The Morgan fingerprint density at radius 2 is 2.21 bits per heavy atom. The Balaban J connectivity index is 2.02. The van der Waals surface area contributed by atoms with Gasteiger partial charge in [0.15, 0.2) is 0 Å². The van der Waals surface area contributed by atoms with Crippen LogP contribution in [0.4, 0.5) is 5.69 Å². The molecule has 0 bridgehead atoms.